The number of thiophene rings is 1. The Bertz CT molecular complexity index is 1120. The lowest BCUT2D eigenvalue weighted by Crippen LogP contribution is -2.27. The van der Waals surface area contributed by atoms with Crippen LogP contribution in [0.15, 0.2) is 77.9 Å². The van der Waals surface area contributed by atoms with E-state index in [9.17, 15) is 9.59 Å². The van der Waals surface area contributed by atoms with E-state index in [2.05, 4.69) is 10.3 Å². The monoisotopic (exact) mass is 361 g/mol. The third-order valence-corrected chi connectivity index (χ3v) is 5.04. The van der Waals surface area contributed by atoms with Crippen molar-refractivity contribution >= 4 is 33.1 Å². The number of carbonyl (C=O) groups is 1. The van der Waals surface area contributed by atoms with Crippen molar-refractivity contribution in [3.05, 3.63) is 83.4 Å². The summed E-state index contributed by atoms with van der Waals surface area (Å²) in [5, 5.41) is 3.30. The van der Waals surface area contributed by atoms with Crippen LogP contribution in [0.4, 0.5) is 5.69 Å². The second kappa shape index (κ2) is 6.93. The summed E-state index contributed by atoms with van der Waals surface area (Å²) in [7, 11) is 0. The quantitative estimate of drug-likeness (QED) is 0.602. The van der Waals surface area contributed by atoms with Gasteiger partial charge in [-0.15, -0.1) is 11.3 Å². The lowest BCUT2D eigenvalue weighted by molar-refractivity contribution is -0.116. The molecular weight excluding hydrogens is 346 g/mol. The Labute approximate surface area is 153 Å². The van der Waals surface area contributed by atoms with E-state index in [1.807, 2.05) is 54.6 Å². The van der Waals surface area contributed by atoms with Crippen LogP contribution < -0.4 is 10.9 Å². The van der Waals surface area contributed by atoms with E-state index in [1.165, 1.54) is 22.2 Å². The molecule has 5 nitrogen and oxygen atoms in total. The van der Waals surface area contributed by atoms with Crippen LogP contribution in [-0.2, 0) is 11.3 Å². The fourth-order valence-corrected chi connectivity index (χ4v) is 3.69. The first-order chi connectivity index (χ1) is 12.7. The standard InChI is InChI=1S/C20H15N3O2S/c24-18(22-15-9-5-2-6-10-15)12-23-13-21-19-16(20(23)25)11-17(26-19)14-7-3-1-4-8-14/h1-11,13H,12H2,(H,22,24). The molecule has 2 heterocycles. The summed E-state index contributed by atoms with van der Waals surface area (Å²) >= 11 is 1.47. The first-order valence-corrected chi connectivity index (χ1v) is 8.92. The molecule has 1 amide bonds. The Hall–Kier alpha value is -3.25. The Morgan fingerprint density at radius 2 is 1.73 bits per heavy atom. The van der Waals surface area contributed by atoms with Gasteiger partial charge in [0, 0.05) is 10.6 Å². The third kappa shape index (κ3) is 3.27. The second-order valence-electron chi connectivity index (χ2n) is 5.79. The SMILES string of the molecule is O=C(Cn1cnc2sc(-c3ccccc3)cc2c1=O)Nc1ccccc1. The van der Waals surface area contributed by atoms with Crippen LogP contribution >= 0.6 is 11.3 Å². The largest absolute Gasteiger partial charge is 0.325 e. The van der Waals surface area contributed by atoms with Gasteiger partial charge in [0.05, 0.1) is 11.7 Å². The lowest BCUT2D eigenvalue weighted by Gasteiger charge is -2.06. The first-order valence-electron chi connectivity index (χ1n) is 8.10. The van der Waals surface area contributed by atoms with Crippen molar-refractivity contribution in [2.24, 2.45) is 0 Å². The minimum atomic E-state index is -0.266. The van der Waals surface area contributed by atoms with Crippen LogP contribution in [0.25, 0.3) is 20.7 Å². The van der Waals surface area contributed by atoms with E-state index < -0.39 is 0 Å². The molecule has 2 aromatic heterocycles. The maximum Gasteiger partial charge on any atom is 0.262 e. The smallest absolute Gasteiger partial charge is 0.262 e. The summed E-state index contributed by atoms with van der Waals surface area (Å²) in [6, 6.07) is 20.9. The maximum absolute atomic E-state index is 12.7. The molecule has 0 saturated heterocycles. The van der Waals surface area contributed by atoms with E-state index in [-0.39, 0.29) is 18.0 Å². The molecule has 0 aliphatic rings. The van der Waals surface area contributed by atoms with E-state index in [4.69, 9.17) is 0 Å². The average molecular weight is 361 g/mol. The molecule has 1 N–H and O–H groups in total. The number of hydrogen-bond acceptors (Lipinski definition) is 4. The fourth-order valence-electron chi connectivity index (χ4n) is 2.69. The molecule has 0 aliphatic carbocycles. The number of anilines is 1. The highest BCUT2D eigenvalue weighted by atomic mass is 32.1. The van der Waals surface area contributed by atoms with Crippen molar-refractivity contribution in [1.82, 2.24) is 9.55 Å². The number of aromatic nitrogens is 2. The predicted octanol–water partition coefficient (Wildman–Crippen LogP) is 3.76. The zero-order chi connectivity index (χ0) is 17.9. The number of amides is 1. The van der Waals surface area contributed by atoms with Gasteiger partial charge in [-0.1, -0.05) is 48.5 Å². The minimum absolute atomic E-state index is 0.0762. The van der Waals surface area contributed by atoms with Crippen molar-refractivity contribution in [1.29, 1.82) is 0 Å². The highest BCUT2D eigenvalue weighted by Gasteiger charge is 2.12. The average Bonchev–Trinajstić information content (AvgIpc) is 3.11. The van der Waals surface area contributed by atoms with Crippen LogP contribution in [0.3, 0.4) is 0 Å². The molecule has 0 fully saturated rings. The van der Waals surface area contributed by atoms with Gasteiger partial charge in [0.1, 0.15) is 11.4 Å². The summed E-state index contributed by atoms with van der Waals surface area (Å²) in [5.41, 5.74) is 1.53. The van der Waals surface area contributed by atoms with Crippen LogP contribution in [-0.4, -0.2) is 15.5 Å². The van der Waals surface area contributed by atoms with Gasteiger partial charge in [0.15, 0.2) is 0 Å². The molecule has 0 unspecified atom stereocenters. The van der Waals surface area contributed by atoms with Gasteiger partial charge in [0.2, 0.25) is 5.91 Å². The minimum Gasteiger partial charge on any atom is -0.325 e. The molecule has 4 aromatic rings. The molecule has 0 aliphatic heterocycles. The van der Waals surface area contributed by atoms with Gasteiger partial charge in [0.25, 0.3) is 5.56 Å². The summed E-state index contributed by atoms with van der Waals surface area (Å²) in [4.78, 5) is 30.9. The number of para-hydroxylation sites is 1. The van der Waals surface area contributed by atoms with Crippen molar-refractivity contribution < 1.29 is 4.79 Å². The predicted molar refractivity (Wildman–Crippen MR) is 104 cm³/mol. The third-order valence-electron chi connectivity index (χ3n) is 3.95. The van der Waals surface area contributed by atoms with Gasteiger partial charge in [-0.25, -0.2) is 4.98 Å². The second-order valence-corrected chi connectivity index (χ2v) is 6.82. The molecule has 26 heavy (non-hydrogen) atoms. The molecule has 6 heteroatoms. The van der Waals surface area contributed by atoms with Crippen LogP contribution in [0.1, 0.15) is 0 Å². The molecule has 4 rings (SSSR count). The summed E-state index contributed by atoms with van der Waals surface area (Å²) in [5.74, 6) is -0.266. The summed E-state index contributed by atoms with van der Waals surface area (Å²) in [6.45, 7) is -0.0762. The first kappa shape index (κ1) is 16.2. The van der Waals surface area contributed by atoms with Gasteiger partial charge < -0.3 is 5.32 Å². The fraction of sp³-hybridized carbons (Fsp3) is 0.0500. The number of nitrogens with zero attached hydrogens (tertiary/aromatic N) is 2. The van der Waals surface area contributed by atoms with Crippen LogP contribution in [0.2, 0.25) is 0 Å². The molecule has 0 atom stereocenters. The maximum atomic E-state index is 12.7. The topological polar surface area (TPSA) is 64.0 Å². The van der Waals surface area contributed by atoms with Crippen molar-refractivity contribution in [3.63, 3.8) is 0 Å². The van der Waals surface area contributed by atoms with Crippen LogP contribution in [0, 0.1) is 0 Å². The molecule has 0 spiro atoms. The van der Waals surface area contributed by atoms with Crippen molar-refractivity contribution in [3.8, 4) is 10.4 Å². The molecular formula is C20H15N3O2S. The summed E-state index contributed by atoms with van der Waals surface area (Å²) < 4.78 is 1.34. The van der Waals surface area contributed by atoms with Gasteiger partial charge in [-0.3, -0.25) is 14.2 Å². The Kier molecular flexibility index (Phi) is 4.33. The number of nitrogens with one attached hydrogen (secondary N) is 1. The number of fused-ring (bicyclic) bond motifs is 1. The highest BCUT2D eigenvalue weighted by Crippen LogP contribution is 2.30. The number of hydrogen-bond donors (Lipinski definition) is 1. The number of carbonyl (C=O) groups excluding carboxylic acids is 1. The molecule has 0 radical (unpaired) electrons. The molecule has 0 saturated carbocycles. The number of benzene rings is 2. The van der Waals surface area contributed by atoms with E-state index >= 15 is 0 Å². The van der Waals surface area contributed by atoms with E-state index in [0.717, 1.165) is 10.4 Å². The van der Waals surface area contributed by atoms with Gasteiger partial charge in [-0.2, -0.15) is 0 Å². The Morgan fingerprint density at radius 1 is 1.04 bits per heavy atom. The van der Waals surface area contributed by atoms with Gasteiger partial charge in [-0.05, 0) is 23.8 Å². The molecule has 0 bridgehead atoms. The lowest BCUT2D eigenvalue weighted by atomic mass is 10.2. The normalized spacial score (nSPS) is 10.8. The van der Waals surface area contributed by atoms with E-state index in [0.29, 0.717) is 15.9 Å². The Morgan fingerprint density at radius 3 is 2.46 bits per heavy atom. The van der Waals surface area contributed by atoms with E-state index in [1.54, 1.807) is 12.1 Å². The van der Waals surface area contributed by atoms with Crippen molar-refractivity contribution in [2.45, 2.75) is 6.54 Å². The zero-order valence-corrected chi connectivity index (χ0v) is 14.6. The van der Waals surface area contributed by atoms with Crippen molar-refractivity contribution in [2.75, 3.05) is 5.32 Å². The molecule has 2 aromatic carbocycles. The highest BCUT2D eigenvalue weighted by molar-refractivity contribution is 7.21. The van der Waals surface area contributed by atoms with Gasteiger partial charge >= 0.3 is 0 Å². The van der Waals surface area contributed by atoms with Crippen LogP contribution in [0.5, 0.6) is 0 Å². The number of rotatable bonds is 4. The zero-order valence-electron chi connectivity index (χ0n) is 13.8. The summed E-state index contributed by atoms with van der Waals surface area (Å²) in [6.07, 6.45) is 1.43. The molecule has 128 valence electrons. The Balaban J connectivity index is 1.61.